The van der Waals surface area contributed by atoms with Gasteiger partial charge in [0.05, 0.1) is 0 Å². The number of amides is 1. The number of rotatable bonds is 6. The van der Waals surface area contributed by atoms with Crippen molar-refractivity contribution in [2.24, 2.45) is 0 Å². The summed E-state index contributed by atoms with van der Waals surface area (Å²) in [6.45, 7) is 4.89. The molecule has 0 spiro atoms. The van der Waals surface area contributed by atoms with Crippen LogP contribution in [0.25, 0.3) is 0 Å². The highest BCUT2D eigenvalue weighted by Crippen LogP contribution is 2.07. The number of carbonyl (C=O) groups excluding carboxylic acids is 1. The Morgan fingerprint density at radius 3 is 2.53 bits per heavy atom. The third-order valence-electron chi connectivity index (χ3n) is 3.04. The maximum Gasteiger partial charge on any atom is 0.222 e. The SMILES string of the molecule is C#CCCCC(=O)N1CCN(CCCBr)CC1. The van der Waals surface area contributed by atoms with Crippen molar-refractivity contribution in [3.8, 4) is 12.3 Å². The van der Waals surface area contributed by atoms with Gasteiger partial charge in [0.1, 0.15) is 0 Å². The molecule has 0 aromatic heterocycles. The highest BCUT2D eigenvalue weighted by Gasteiger charge is 2.19. The Hall–Kier alpha value is -0.530. The van der Waals surface area contributed by atoms with Crippen molar-refractivity contribution < 1.29 is 4.79 Å². The number of alkyl halides is 1. The third kappa shape index (κ3) is 5.56. The third-order valence-corrected chi connectivity index (χ3v) is 3.61. The second-order valence-electron chi connectivity index (χ2n) is 4.32. The zero-order valence-corrected chi connectivity index (χ0v) is 11.9. The summed E-state index contributed by atoms with van der Waals surface area (Å²) >= 11 is 3.44. The van der Waals surface area contributed by atoms with E-state index in [1.165, 1.54) is 6.42 Å². The fourth-order valence-electron chi connectivity index (χ4n) is 2.00. The molecule has 0 atom stereocenters. The van der Waals surface area contributed by atoms with Crippen LogP contribution in [0.4, 0.5) is 0 Å². The van der Waals surface area contributed by atoms with Gasteiger partial charge in [-0.05, 0) is 19.4 Å². The molecule has 1 aliphatic heterocycles. The first-order valence-corrected chi connectivity index (χ1v) is 7.39. The highest BCUT2D eigenvalue weighted by atomic mass is 79.9. The topological polar surface area (TPSA) is 23.6 Å². The van der Waals surface area contributed by atoms with Gasteiger partial charge in [-0.2, -0.15) is 0 Å². The molecule has 17 heavy (non-hydrogen) atoms. The van der Waals surface area contributed by atoms with E-state index in [4.69, 9.17) is 6.42 Å². The Kier molecular flexibility index (Phi) is 7.30. The molecule has 0 bridgehead atoms. The Morgan fingerprint density at radius 2 is 1.94 bits per heavy atom. The molecule has 3 nitrogen and oxygen atoms in total. The van der Waals surface area contributed by atoms with Crippen molar-refractivity contribution in [1.82, 2.24) is 9.80 Å². The lowest BCUT2D eigenvalue weighted by Crippen LogP contribution is -2.48. The Bertz CT molecular complexity index is 267. The van der Waals surface area contributed by atoms with Gasteiger partial charge in [-0.1, -0.05) is 15.9 Å². The first-order valence-electron chi connectivity index (χ1n) is 6.27. The zero-order valence-electron chi connectivity index (χ0n) is 10.3. The lowest BCUT2D eigenvalue weighted by atomic mass is 10.2. The van der Waals surface area contributed by atoms with E-state index < -0.39 is 0 Å². The Morgan fingerprint density at radius 1 is 1.24 bits per heavy atom. The van der Waals surface area contributed by atoms with Crippen LogP contribution in [-0.4, -0.2) is 53.8 Å². The monoisotopic (exact) mass is 300 g/mol. The van der Waals surface area contributed by atoms with Crippen LogP contribution >= 0.6 is 15.9 Å². The average molecular weight is 301 g/mol. The van der Waals surface area contributed by atoms with Gasteiger partial charge in [-0.15, -0.1) is 12.3 Å². The van der Waals surface area contributed by atoms with Gasteiger partial charge in [0.25, 0.3) is 0 Å². The van der Waals surface area contributed by atoms with Crippen LogP contribution in [0.5, 0.6) is 0 Å². The normalized spacial score (nSPS) is 16.8. The van der Waals surface area contributed by atoms with E-state index in [-0.39, 0.29) is 5.91 Å². The van der Waals surface area contributed by atoms with Crippen molar-refractivity contribution in [2.75, 3.05) is 38.1 Å². The molecule has 1 amide bonds. The van der Waals surface area contributed by atoms with Crippen LogP contribution in [0.3, 0.4) is 0 Å². The van der Waals surface area contributed by atoms with Gasteiger partial charge >= 0.3 is 0 Å². The van der Waals surface area contributed by atoms with Crippen LogP contribution in [0, 0.1) is 12.3 Å². The van der Waals surface area contributed by atoms with E-state index in [9.17, 15) is 4.79 Å². The molecule has 1 heterocycles. The summed E-state index contributed by atoms with van der Waals surface area (Å²) in [7, 11) is 0. The molecule has 0 saturated carbocycles. The minimum Gasteiger partial charge on any atom is -0.340 e. The number of terminal acetylenes is 1. The molecule has 0 radical (unpaired) electrons. The second kappa shape index (κ2) is 8.54. The van der Waals surface area contributed by atoms with Gasteiger partial charge < -0.3 is 4.90 Å². The molecule has 0 aliphatic carbocycles. The van der Waals surface area contributed by atoms with Gasteiger partial charge in [-0.25, -0.2) is 0 Å². The molecular formula is C13H21BrN2O. The van der Waals surface area contributed by atoms with Crippen LogP contribution in [0.15, 0.2) is 0 Å². The van der Waals surface area contributed by atoms with Crippen LogP contribution in [0.1, 0.15) is 25.7 Å². The fourth-order valence-corrected chi connectivity index (χ4v) is 2.25. The number of hydrogen-bond acceptors (Lipinski definition) is 2. The van der Waals surface area contributed by atoms with Crippen molar-refractivity contribution in [3.63, 3.8) is 0 Å². The van der Waals surface area contributed by atoms with E-state index in [1.807, 2.05) is 4.90 Å². The van der Waals surface area contributed by atoms with Crippen molar-refractivity contribution in [3.05, 3.63) is 0 Å². The molecule has 1 aliphatic rings. The number of nitrogens with zero attached hydrogens (tertiary/aromatic N) is 2. The van der Waals surface area contributed by atoms with Gasteiger partial charge in [0, 0.05) is 44.4 Å². The van der Waals surface area contributed by atoms with E-state index in [0.29, 0.717) is 12.8 Å². The first kappa shape index (κ1) is 14.5. The molecule has 1 rings (SSSR count). The fraction of sp³-hybridized carbons (Fsp3) is 0.769. The summed E-state index contributed by atoms with van der Waals surface area (Å²) in [5.41, 5.74) is 0. The summed E-state index contributed by atoms with van der Waals surface area (Å²) in [4.78, 5) is 16.2. The molecule has 1 saturated heterocycles. The summed E-state index contributed by atoms with van der Waals surface area (Å²) in [6, 6.07) is 0. The standard InChI is InChI=1S/C13H21BrN2O/c1-2-3-4-6-13(17)16-11-9-15(10-12-16)8-5-7-14/h1H,3-12H2. The van der Waals surface area contributed by atoms with E-state index >= 15 is 0 Å². The van der Waals surface area contributed by atoms with Crippen molar-refractivity contribution in [2.45, 2.75) is 25.7 Å². The van der Waals surface area contributed by atoms with E-state index in [0.717, 1.165) is 44.5 Å². The van der Waals surface area contributed by atoms with E-state index in [1.54, 1.807) is 0 Å². The minimum atomic E-state index is 0.264. The van der Waals surface area contributed by atoms with Crippen molar-refractivity contribution in [1.29, 1.82) is 0 Å². The molecule has 0 unspecified atom stereocenters. The van der Waals surface area contributed by atoms with Gasteiger partial charge in [-0.3, -0.25) is 9.69 Å². The quantitative estimate of drug-likeness (QED) is 0.424. The van der Waals surface area contributed by atoms with Crippen molar-refractivity contribution >= 4 is 21.8 Å². The maximum absolute atomic E-state index is 11.8. The predicted molar refractivity (Wildman–Crippen MR) is 74.1 cm³/mol. The van der Waals surface area contributed by atoms with Crippen LogP contribution < -0.4 is 0 Å². The molecule has 96 valence electrons. The number of unbranched alkanes of at least 4 members (excludes halogenated alkanes) is 1. The molecule has 1 fully saturated rings. The first-order chi connectivity index (χ1) is 8.27. The lowest BCUT2D eigenvalue weighted by Gasteiger charge is -2.34. The molecular weight excluding hydrogens is 280 g/mol. The summed E-state index contributed by atoms with van der Waals surface area (Å²) in [6.07, 6.45) is 8.48. The smallest absolute Gasteiger partial charge is 0.222 e. The molecule has 0 aromatic carbocycles. The maximum atomic E-state index is 11.8. The molecule has 0 aromatic rings. The highest BCUT2D eigenvalue weighted by molar-refractivity contribution is 9.09. The number of piperazine rings is 1. The number of halogens is 1. The van der Waals surface area contributed by atoms with Crippen LogP contribution in [0.2, 0.25) is 0 Å². The Labute approximate surface area is 113 Å². The lowest BCUT2D eigenvalue weighted by molar-refractivity contribution is -0.133. The summed E-state index contributed by atoms with van der Waals surface area (Å²) < 4.78 is 0. The molecule has 4 heteroatoms. The predicted octanol–water partition coefficient (Wildman–Crippen LogP) is 1.72. The Balaban J connectivity index is 2.17. The minimum absolute atomic E-state index is 0.264. The van der Waals surface area contributed by atoms with Crippen LogP contribution in [-0.2, 0) is 4.79 Å². The summed E-state index contributed by atoms with van der Waals surface area (Å²) in [5, 5.41) is 1.05. The largest absolute Gasteiger partial charge is 0.340 e. The second-order valence-corrected chi connectivity index (χ2v) is 5.12. The zero-order chi connectivity index (χ0) is 12.5. The number of hydrogen-bond donors (Lipinski definition) is 0. The summed E-state index contributed by atoms with van der Waals surface area (Å²) in [5.74, 6) is 2.84. The van der Waals surface area contributed by atoms with E-state index in [2.05, 4.69) is 26.8 Å². The average Bonchev–Trinajstić information content (AvgIpc) is 2.37. The number of carbonyl (C=O) groups is 1. The van der Waals surface area contributed by atoms with Gasteiger partial charge in [0.2, 0.25) is 5.91 Å². The van der Waals surface area contributed by atoms with Gasteiger partial charge in [0.15, 0.2) is 0 Å². The molecule has 0 N–H and O–H groups in total.